The molecule has 0 saturated carbocycles. The Morgan fingerprint density at radius 2 is 1.81 bits per heavy atom. The molecule has 0 aromatic heterocycles. The van der Waals surface area contributed by atoms with Gasteiger partial charge in [0, 0.05) is 44.0 Å². The lowest BCUT2D eigenvalue weighted by Gasteiger charge is -2.51. The molecule has 7 heteroatoms. The van der Waals surface area contributed by atoms with Crippen LogP contribution in [0.4, 0.5) is 0 Å². The van der Waals surface area contributed by atoms with Crippen molar-refractivity contribution in [3.63, 3.8) is 0 Å². The third-order valence-electron chi connectivity index (χ3n) is 6.66. The molecule has 2 aromatic rings. The second kappa shape index (κ2) is 6.92. The van der Waals surface area contributed by atoms with E-state index in [-0.39, 0.29) is 11.9 Å². The summed E-state index contributed by atoms with van der Waals surface area (Å²) >= 11 is 0. The van der Waals surface area contributed by atoms with Gasteiger partial charge in [-0.2, -0.15) is 5.01 Å². The molecular formula is C24H25N3O4. The zero-order valence-electron chi connectivity index (χ0n) is 17.5. The van der Waals surface area contributed by atoms with Crippen molar-refractivity contribution in [3.05, 3.63) is 59.7 Å². The number of fused-ring (bicyclic) bond motifs is 5. The van der Waals surface area contributed by atoms with Crippen molar-refractivity contribution in [2.24, 2.45) is 0 Å². The Bertz CT molecular complexity index is 1070. The largest absolute Gasteiger partial charge is 0.486 e. The summed E-state index contributed by atoms with van der Waals surface area (Å²) in [6.07, 6.45) is 3.74. The molecule has 1 amide bonds. The van der Waals surface area contributed by atoms with Crippen LogP contribution in [0.15, 0.2) is 48.5 Å². The highest BCUT2D eigenvalue weighted by molar-refractivity contribution is 5.73. The zero-order chi connectivity index (χ0) is 21.0. The van der Waals surface area contributed by atoms with Crippen LogP contribution in [0.3, 0.4) is 0 Å². The number of hydrogen-bond donors (Lipinski definition) is 1. The molecule has 0 bridgehead atoms. The number of para-hydroxylation sites is 1. The van der Waals surface area contributed by atoms with Crippen molar-refractivity contribution in [2.75, 3.05) is 26.3 Å². The van der Waals surface area contributed by atoms with Crippen LogP contribution in [-0.2, 0) is 4.79 Å². The molecular weight excluding hydrogens is 394 g/mol. The van der Waals surface area contributed by atoms with E-state index in [1.165, 1.54) is 0 Å². The van der Waals surface area contributed by atoms with Gasteiger partial charge in [-0.15, -0.1) is 0 Å². The summed E-state index contributed by atoms with van der Waals surface area (Å²) in [5.41, 5.74) is 6.34. The average molecular weight is 419 g/mol. The maximum absolute atomic E-state index is 11.9. The van der Waals surface area contributed by atoms with E-state index in [0.717, 1.165) is 46.9 Å². The van der Waals surface area contributed by atoms with E-state index in [1.807, 2.05) is 35.2 Å². The summed E-state index contributed by atoms with van der Waals surface area (Å²) in [5, 5.41) is 2.24. The lowest BCUT2D eigenvalue weighted by atomic mass is 9.92. The summed E-state index contributed by atoms with van der Waals surface area (Å²) in [4.78, 5) is 13.8. The van der Waals surface area contributed by atoms with Crippen LogP contribution in [0.5, 0.6) is 17.2 Å². The van der Waals surface area contributed by atoms with Crippen LogP contribution in [0.1, 0.15) is 36.9 Å². The summed E-state index contributed by atoms with van der Waals surface area (Å²) in [5.74, 6) is 2.60. The van der Waals surface area contributed by atoms with E-state index in [9.17, 15) is 4.79 Å². The van der Waals surface area contributed by atoms with Crippen molar-refractivity contribution in [1.82, 2.24) is 15.3 Å². The third kappa shape index (κ3) is 2.95. The number of carbonyl (C=O) groups is 1. The molecule has 7 nitrogen and oxygen atoms in total. The number of piperidine rings is 1. The number of hydrogen-bond acceptors (Lipinski definition) is 6. The number of nitrogens with zero attached hydrogens (tertiary/aromatic N) is 2. The molecule has 6 rings (SSSR count). The Kier molecular flexibility index (Phi) is 4.14. The second-order valence-corrected chi connectivity index (χ2v) is 8.46. The maximum Gasteiger partial charge on any atom is 0.219 e. The van der Waals surface area contributed by atoms with Gasteiger partial charge in [0.05, 0.1) is 11.7 Å². The van der Waals surface area contributed by atoms with E-state index in [4.69, 9.17) is 14.2 Å². The van der Waals surface area contributed by atoms with Crippen molar-refractivity contribution in [3.8, 4) is 17.2 Å². The Hall–Kier alpha value is -3.19. The Morgan fingerprint density at radius 3 is 2.61 bits per heavy atom. The fourth-order valence-electron chi connectivity index (χ4n) is 5.01. The van der Waals surface area contributed by atoms with Crippen molar-refractivity contribution >= 4 is 11.6 Å². The quantitative estimate of drug-likeness (QED) is 0.767. The van der Waals surface area contributed by atoms with Crippen LogP contribution in [-0.4, -0.2) is 47.8 Å². The summed E-state index contributed by atoms with van der Waals surface area (Å²) in [6, 6.07) is 14.3. The predicted molar refractivity (Wildman–Crippen MR) is 114 cm³/mol. The number of amides is 1. The summed E-state index contributed by atoms with van der Waals surface area (Å²) in [7, 11) is 0. The van der Waals surface area contributed by atoms with Gasteiger partial charge < -0.3 is 24.5 Å². The molecule has 0 radical (unpaired) electrons. The Labute approximate surface area is 181 Å². The topological polar surface area (TPSA) is 63.3 Å². The first kappa shape index (κ1) is 18.6. The van der Waals surface area contributed by atoms with Crippen molar-refractivity contribution in [2.45, 2.75) is 31.5 Å². The van der Waals surface area contributed by atoms with Gasteiger partial charge in [-0.3, -0.25) is 4.79 Å². The fourth-order valence-corrected chi connectivity index (χ4v) is 5.01. The zero-order valence-corrected chi connectivity index (χ0v) is 17.5. The minimum absolute atomic E-state index is 0.0528. The lowest BCUT2D eigenvalue weighted by Crippen LogP contribution is -2.63. The number of ether oxygens (including phenoxy) is 3. The molecule has 0 unspecified atom stereocenters. The summed E-state index contributed by atoms with van der Waals surface area (Å²) in [6.45, 7) is 4.14. The first-order valence-corrected chi connectivity index (χ1v) is 10.8. The minimum atomic E-state index is -0.503. The van der Waals surface area contributed by atoms with Crippen LogP contribution in [0, 0.1) is 0 Å². The second-order valence-electron chi connectivity index (χ2n) is 8.46. The van der Waals surface area contributed by atoms with Gasteiger partial charge in [-0.05, 0) is 30.3 Å². The van der Waals surface area contributed by atoms with Gasteiger partial charge in [0.1, 0.15) is 19.0 Å². The van der Waals surface area contributed by atoms with Crippen LogP contribution < -0.4 is 19.6 Å². The molecule has 4 heterocycles. The Morgan fingerprint density at radius 1 is 1.03 bits per heavy atom. The highest BCUT2D eigenvalue weighted by Crippen LogP contribution is 2.48. The average Bonchev–Trinajstić information content (AvgIpc) is 3.26. The highest BCUT2D eigenvalue weighted by atomic mass is 16.6. The molecule has 2 aromatic carbocycles. The van der Waals surface area contributed by atoms with Gasteiger partial charge in [-0.1, -0.05) is 18.2 Å². The predicted octanol–water partition coefficient (Wildman–Crippen LogP) is 3.09. The highest BCUT2D eigenvalue weighted by Gasteiger charge is 2.51. The SMILES string of the molecule is CC(=O)N1CCC2(CC1)Oc1ccccc1[C@H]1C=C(c3ccc4c(c3)OCCO4)NN12. The van der Waals surface area contributed by atoms with E-state index < -0.39 is 5.72 Å². The molecule has 1 fully saturated rings. The molecule has 31 heavy (non-hydrogen) atoms. The molecule has 4 aliphatic rings. The first-order valence-electron chi connectivity index (χ1n) is 10.8. The standard InChI is InChI=1S/C24H25N3O4/c1-16(28)26-10-8-24(9-11-26)27-20(18-4-2-3-5-21(18)31-24)15-19(25-27)17-6-7-22-23(14-17)30-13-12-29-22/h2-7,14-15,20,25H,8-13H2,1H3/t20-/m1/s1. The molecule has 1 saturated heterocycles. The maximum atomic E-state index is 11.9. The molecule has 1 atom stereocenters. The third-order valence-corrected chi connectivity index (χ3v) is 6.66. The fraction of sp³-hybridized carbons (Fsp3) is 0.375. The number of nitrogens with one attached hydrogen (secondary N) is 1. The molecule has 1 N–H and O–H groups in total. The monoisotopic (exact) mass is 419 g/mol. The van der Waals surface area contributed by atoms with E-state index in [0.29, 0.717) is 26.3 Å². The minimum Gasteiger partial charge on any atom is -0.486 e. The van der Waals surface area contributed by atoms with E-state index >= 15 is 0 Å². The Balaban J connectivity index is 1.36. The van der Waals surface area contributed by atoms with Gasteiger partial charge >= 0.3 is 0 Å². The van der Waals surface area contributed by atoms with Crippen molar-refractivity contribution in [1.29, 1.82) is 0 Å². The molecule has 0 aliphatic carbocycles. The van der Waals surface area contributed by atoms with Crippen LogP contribution >= 0.6 is 0 Å². The lowest BCUT2D eigenvalue weighted by molar-refractivity contribution is -0.165. The number of rotatable bonds is 1. The van der Waals surface area contributed by atoms with Gasteiger partial charge in [-0.25, -0.2) is 0 Å². The van der Waals surface area contributed by atoms with Gasteiger partial charge in [0.15, 0.2) is 17.2 Å². The number of likely N-dealkylation sites (tertiary alicyclic amines) is 1. The molecule has 4 aliphatic heterocycles. The number of hydrazine groups is 1. The van der Waals surface area contributed by atoms with Gasteiger partial charge in [0.25, 0.3) is 0 Å². The number of carbonyl (C=O) groups excluding carboxylic acids is 1. The van der Waals surface area contributed by atoms with Gasteiger partial charge in [0.2, 0.25) is 5.91 Å². The smallest absolute Gasteiger partial charge is 0.219 e. The van der Waals surface area contributed by atoms with Crippen LogP contribution in [0.2, 0.25) is 0 Å². The van der Waals surface area contributed by atoms with Crippen molar-refractivity contribution < 1.29 is 19.0 Å². The van der Waals surface area contributed by atoms with E-state index in [2.05, 4.69) is 28.6 Å². The van der Waals surface area contributed by atoms with Crippen LogP contribution in [0.25, 0.3) is 5.70 Å². The summed E-state index contributed by atoms with van der Waals surface area (Å²) < 4.78 is 18.1. The number of benzene rings is 2. The molecule has 160 valence electrons. The first-order chi connectivity index (χ1) is 15.1. The normalized spacial score (nSPS) is 23.3. The molecule has 1 spiro atoms. The van der Waals surface area contributed by atoms with E-state index in [1.54, 1.807) is 6.92 Å².